The lowest BCUT2D eigenvalue weighted by Crippen LogP contribution is -2.21. The quantitative estimate of drug-likeness (QED) is 0.399. The first kappa shape index (κ1) is 20.6. The first-order chi connectivity index (χ1) is 15.0. The average molecular weight is 432 g/mol. The molecule has 1 N–H and O–H groups in total. The fourth-order valence-electron chi connectivity index (χ4n) is 3.27. The third-order valence-corrected chi connectivity index (χ3v) is 5.78. The number of hydrogen-bond donors (Lipinski definition) is 1. The van der Waals surface area contributed by atoms with Crippen molar-refractivity contribution in [2.75, 3.05) is 19.0 Å². The molecule has 4 rings (SSSR count). The van der Waals surface area contributed by atoms with Gasteiger partial charge in [0.15, 0.2) is 6.61 Å². The van der Waals surface area contributed by atoms with Gasteiger partial charge in [-0.2, -0.15) is 0 Å². The maximum atomic E-state index is 12.5. The molecule has 5 nitrogen and oxygen atoms in total. The third kappa shape index (κ3) is 4.59. The number of anilines is 1. The van der Waals surface area contributed by atoms with E-state index >= 15 is 0 Å². The van der Waals surface area contributed by atoms with Crippen LogP contribution in [0, 0.1) is 6.92 Å². The van der Waals surface area contributed by atoms with E-state index in [1.807, 2.05) is 79.0 Å². The van der Waals surface area contributed by atoms with Crippen LogP contribution in [0.1, 0.15) is 15.9 Å². The minimum Gasteiger partial charge on any atom is -0.484 e. The lowest BCUT2D eigenvalue weighted by molar-refractivity contribution is -0.118. The molecular weight excluding hydrogens is 410 g/mol. The number of amides is 1. The Morgan fingerprint density at radius 1 is 0.968 bits per heavy atom. The summed E-state index contributed by atoms with van der Waals surface area (Å²) in [6.07, 6.45) is 0. The van der Waals surface area contributed by atoms with Crippen LogP contribution in [0.3, 0.4) is 0 Å². The van der Waals surface area contributed by atoms with Gasteiger partial charge in [-0.1, -0.05) is 60.2 Å². The largest absolute Gasteiger partial charge is 0.484 e. The van der Waals surface area contributed by atoms with Gasteiger partial charge in [-0.3, -0.25) is 4.79 Å². The second-order valence-electron chi connectivity index (χ2n) is 7.06. The number of benzene rings is 3. The highest BCUT2D eigenvalue weighted by molar-refractivity contribution is 7.15. The summed E-state index contributed by atoms with van der Waals surface area (Å²) in [5.41, 5.74) is 3.08. The van der Waals surface area contributed by atoms with Crippen LogP contribution in [0.2, 0.25) is 0 Å². The molecule has 3 aromatic carbocycles. The van der Waals surface area contributed by atoms with Crippen LogP contribution < -0.4 is 10.1 Å². The zero-order chi connectivity index (χ0) is 21.8. The highest BCUT2D eigenvalue weighted by Gasteiger charge is 2.22. The molecule has 0 saturated carbocycles. The molecule has 0 fully saturated rings. The Bertz CT molecular complexity index is 1240. The van der Waals surface area contributed by atoms with Crippen LogP contribution in [0.4, 0.5) is 5.00 Å². The number of esters is 1. The van der Waals surface area contributed by atoms with Gasteiger partial charge in [-0.25, -0.2) is 4.79 Å². The van der Waals surface area contributed by atoms with Crippen molar-refractivity contribution in [2.45, 2.75) is 6.92 Å². The van der Waals surface area contributed by atoms with Crippen LogP contribution in [0.25, 0.3) is 21.9 Å². The van der Waals surface area contributed by atoms with E-state index in [1.165, 1.54) is 18.4 Å². The van der Waals surface area contributed by atoms with Crippen molar-refractivity contribution in [1.82, 2.24) is 0 Å². The zero-order valence-corrected chi connectivity index (χ0v) is 18.0. The van der Waals surface area contributed by atoms with Crippen molar-refractivity contribution in [3.05, 3.63) is 83.2 Å². The Kier molecular flexibility index (Phi) is 6.00. The number of carbonyl (C=O) groups is 2. The molecule has 0 spiro atoms. The van der Waals surface area contributed by atoms with Crippen LogP contribution in [-0.2, 0) is 9.53 Å². The van der Waals surface area contributed by atoms with E-state index in [2.05, 4.69) is 5.32 Å². The van der Waals surface area contributed by atoms with Crippen molar-refractivity contribution in [1.29, 1.82) is 0 Å². The summed E-state index contributed by atoms with van der Waals surface area (Å²) >= 11 is 1.28. The van der Waals surface area contributed by atoms with E-state index in [0.717, 1.165) is 27.5 Å². The standard InChI is InChI=1S/C25H21NO4S/c1-16-7-9-18(10-8-16)21-15-31-24(23(21)25(28)29-2)26-22(27)14-30-20-12-11-17-5-3-4-6-19(17)13-20/h3-13,15H,14H2,1-2H3,(H,26,27). The normalized spacial score (nSPS) is 10.6. The number of nitrogens with one attached hydrogen (secondary N) is 1. The number of fused-ring (bicyclic) bond motifs is 1. The Balaban J connectivity index is 1.50. The number of rotatable bonds is 6. The SMILES string of the molecule is COC(=O)c1c(-c2ccc(C)cc2)csc1NC(=O)COc1ccc2ccccc2c1. The van der Waals surface area contributed by atoms with Crippen LogP contribution in [-0.4, -0.2) is 25.6 Å². The molecule has 0 aliphatic rings. The molecule has 1 heterocycles. The van der Waals surface area contributed by atoms with Crippen molar-refractivity contribution < 1.29 is 19.1 Å². The summed E-state index contributed by atoms with van der Waals surface area (Å²) in [5, 5.41) is 7.21. The molecule has 0 aliphatic carbocycles. The Morgan fingerprint density at radius 2 is 1.71 bits per heavy atom. The molecule has 0 saturated heterocycles. The maximum absolute atomic E-state index is 12.5. The van der Waals surface area contributed by atoms with E-state index in [9.17, 15) is 9.59 Å². The molecular formula is C25H21NO4S. The van der Waals surface area contributed by atoms with Crippen molar-refractivity contribution >= 4 is 39.0 Å². The minimum absolute atomic E-state index is 0.170. The first-order valence-corrected chi connectivity index (χ1v) is 10.6. The summed E-state index contributed by atoms with van der Waals surface area (Å²) in [4.78, 5) is 25.0. The summed E-state index contributed by atoms with van der Waals surface area (Å²) in [6, 6.07) is 21.4. The molecule has 0 radical (unpaired) electrons. The molecule has 0 bridgehead atoms. The molecule has 1 amide bonds. The average Bonchev–Trinajstić information content (AvgIpc) is 3.20. The predicted molar refractivity (Wildman–Crippen MR) is 124 cm³/mol. The molecule has 0 atom stereocenters. The lowest BCUT2D eigenvalue weighted by Gasteiger charge is -2.09. The highest BCUT2D eigenvalue weighted by atomic mass is 32.1. The van der Waals surface area contributed by atoms with Crippen molar-refractivity contribution in [3.63, 3.8) is 0 Å². The Hall–Kier alpha value is -3.64. The van der Waals surface area contributed by atoms with E-state index < -0.39 is 5.97 Å². The maximum Gasteiger partial charge on any atom is 0.341 e. The van der Waals surface area contributed by atoms with Crippen LogP contribution in [0.5, 0.6) is 5.75 Å². The van der Waals surface area contributed by atoms with Gasteiger partial charge in [-0.05, 0) is 35.4 Å². The zero-order valence-electron chi connectivity index (χ0n) is 17.2. The number of ether oxygens (including phenoxy) is 2. The second kappa shape index (κ2) is 9.02. The molecule has 4 aromatic rings. The fraction of sp³-hybridized carbons (Fsp3) is 0.120. The molecule has 6 heteroatoms. The number of methoxy groups -OCH3 is 1. The fourth-order valence-corrected chi connectivity index (χ4v) is 4.24. The summed E-state index contributed by atoms with van der Waals surface area (Å²) in [5.74, 6) is -0.244. The summed E-state index contributed by atoms with van der Waals surface area (Å²) in [7, 11) is 1.33. The minimum atomic E-state index is -0.498. The molecule has 31 heavy (non-hydrogen) atoms. The van der Waals surface area contributed by atoms with Crippen molar-refractivity contribution in [2.24, 2.45) is 0 Å². The van der Waals surface area contributed by atoms with Crippen molar-refractivity contribution in [3.8, 4) is 16.9 Å². The molecule has 0 unspecified atom stereocenters. The van der Waals surface area contributed by atoms with Crippen LogP contribution >= 0.6 is 11.3 Å². The van der Waals surface area contributed by atoms with E-state index in [0.29, 0.717) is 16.3 Å². The van der Waals surface area contributed by atoms with Gasteiger partial charge in [0.1, 0.15) is 16.3 Å². The number of thiophene rings is 1. The highest BCUT2D eigenvalue weighted by Crippen LogP contribution is 2.36. The summed E-state index contributed by atoms with van der Waals surface area (Å²) < 4.78 is 10.6. The van der Waals surface area contributed by atoms with E-state index in [4.69, 9.17) is 9.47 Å². The van der Waals surface area contributed by atoms with Gasteiger partial charge >= 0.3 is 5.97 Å². The van der Waals surface area contributed by atoms with Gasteiger partial charge in [-0.15, -0.1) is 11.3 Å². The number of hydrogen-bond acceptors (Lipinski definition) is 5. The summed E-state index contributed by atoms with van der Waals surface area (Å²) in [6.45, 7) is 1.83. The van der Waals surface area contributed by atoms with E-state index in [-0.39, 0.29) is 12.5 Å². The third-order valence-electron chi connectivity index (χ3n) is 4.89. The predicted octanol–water partition coefficient (Wildman–Crippen LogP) is 5.68. The van der Waals surface area contributed by atoms with Gasteiger partial charge in [0, 0.05) is 10.9 Å². The van der Waals surface area contributed by atoms with E-state index in [1.54, 1.807) is 0 Å². The first-order valence-electron chi connectivity index (χ1n) is 9.73. The monoisotopic (exact) mass is 431 g/mol. The second-order valence-corrected chi connectivity index (χ2v) is 7.94. The smallest absolute Gasteiger partial charge is 0.341 e. The Morgan fingerprint density at radius 3 is 2.45 bits per heavy atom. The van der Waals surface area contributed by atoms with Crippen LogP contribution in [0.15, 0.2) is 72.1 Å². The lowest BCUT2D eigenvalue weighted by atomic mass is 10.0. The topological polar surface area (TPSA) is 64.6 Å². The van der Waals surface area contributed by atoms with Gasteiger partial charge in [0.05, 0.1) is 7.11 Å². The number of aryl methyl sites for hydroxylation is 1. The molecule has 156 valence electrons. The molecule has 1 aromatic heterocycles. The molecule has 0 aliphatic heterocycles. The van der Waals surface area contributed by atoms with Gasteiger partial charge < -0.3 is 14.8 Å². The Labute approximate surface area is 184 Å². The number of carbonyl (C=O) groups excluding carboxylic acids is 2. The van der Waals surface area contributed by atoms with Gasteiger partial charge in [0.25, 0.3) is 5.91 Å². The van der Waals surface area contributed by atoms with Gasteiger partial charge in [0.2, 0.25) is 0 Å².